The number of aromatic amines is 1. The fraction of sp³-hybridized carbons (Fsp3) is 0.636. The Hall–Kier alpha value is -1.32. The molecule has 1 aromatic heterocycles. The molecule has 0 aromatic carbocycles. The van der Waals surface area contributed by atoms with Gasteiger partial charge in [0.1, 0.15) is 0 Å². The lowest BCUT2D eigenvalue weighted by atomic mass is 10.1. The van der Waals surface area contributed by atoms with Crippen molar-refractivity contribution in [1.29, 1.82) is 0 Å². The largest absolute Gasteiger partial charge is 0.339 e. The van der Waals surface area contributed by atoms with Gasteiger partial charge < -0.3 is 4.90 Å². The highest BCUT2D eigenvalue weighted by Crippen LogP contribution is 2.12. The first-order chi connectivity index (χ1) is 7.38. The van der Waals surface area contributed by atoms with Gasteiger partial charge in [-0.15, -0.1) is 0 Å². The van der Waals surface area contributed by atoms with Crippen LogP contribution < -0.4 is 0 Å². The minimum atomic E-state index is 0.116. The van der Waals surface area contributed by atoms with E-state index in [9.17, 15) is 4.79 Å². The number of H-pyrrole nitrogens is 1. The molecule has 1 fully saturated rings. The Morgan fingerprint density at radius 2 is 1.87 bits per heavy atom. The van der Waals surface area contributed by atoms with Gasteiger partial charge in [-0.25, -0.2) is 0 Å². The van der Waals surface area contributed by atoms with Crippen LogP contribution in [0.5, 0.6) is 0 Å². The van der Waals surface area contributed by atoms with Crippen LogP contribution in [0.2, 0.25) is 0 Å². The van der Waals surface area contributed by atoms with Crippen LogP contribution >= 0.6 is 0 Å². The average Bonchev–Trinajstić information content (AvgIpc) is 2.68. The van der Waals surface area contributed by atoms with E-state index in [1.165, 1.54) is 19.3 Å². The molecule has 0 saturated carbocycles. The topological polar surface area (TPSA) is 49.0 Å². The Morgan fingerprint density at radius 1 is 1.20 bits per heavy atom. The van der Waals surface area contributed by atoms with Crippen molar-refractivity contribution in [2.75, 3.05) is 13.1 Å². The third kappa shape index (κ3) is 2.58. The molecule has 0 unspecified atom stereocenters. The maximum Gasteiger partial charge on any atom is 0.257 e. The summed E-state index contributed by atoms with van der Waals surface area (Å²) >= 11 is 0. The van der Waals surface area contributed by atoms with Gasteiger partial charge in [-0.2, -0.15) is 5.10 Å². The van der Waals surface area contributed by atoms with Gasteiger partial charge >= 0.3 is 0 Å². The molecular weight excluding hydrogens is 190 g/mol. The summed E-state index contributed by atoms with van der Waals surface area (Å²) in [5, 5.41) is 6.49. The number of nitrogens with one attached hydrogen (secondary N) is 1. The first kappa shape index (κ1) is 10.2. The summed E-state index contributed by atoms with van der Waals surface area (Å²) in [6.07, 6.45) is 9.33. The molecule has 15 heavy (non-hydrogen) atoms. The SMILES string of the molecule is O=C(c1cn[nH]c1)N1CCCCCCC1. The number of amides is 1. The number of nitrogens with zero attached hydrogens (tertiary/aromatic N) is 2. The Morgan fingerprint density at radius 3 is 2.47 bits per heavy atom. The van der Waals surface area contributed by atoms with Crippen molar-refractivity contribution in [2.45, 2.75) is 32.1 Å². The van der Waals surface area contributed by atoms with Crippen LogP contribution in [0.1, 0.15) is 42.5 Å². The molecule has 2 heterocycles. The maximum atomic E-state index is 12.0. The molecule has 1 amide bonds. The van der Waals surface area contributed by atoms with Crippen molar-refractivity contribution < 1.29 is 4.79 Å². The number of likely N-dealkylation sites (tertiary alicyclic amines) is 1. The number of hydrogen-bond donors (Lipinski definition) is 1. The fourth-order valence-electron chi connectivity index (χ4n) is 2.00. The van der Waals surface area contributed by atoms with E-state index in [0.29, 0.717) is 5.56 Å². The monoisotopic (exact) mass is 207 g/mol. The van der Waals surface area contributed by atoms with Gasteiger partial charge in [0.25, 0.3) is 5.91 Å². The molecule has 1 saturated heterocycles. The Bertz CT molecular complexity index is 300. The van der Waals surface area contributed by atoms with E-state index in [-0.39, 0.29) is 5.91 Å². The third-order valence-corrected chi connectivity index (χ3v) is 2.89. The minimum Gasteiger partial charge on any atom is -0.339 e. The molecule has 1 N–H and O–H groups in total. The molecule has 1 aliphatic heterocycles. The molecule has 0 aliphatic carbocycles. The van der Waals surface area contributed by atoms with Crippen LogP contribution in [0, 0.1) is 0 Å². The Kier molecular flexibility index (Phi) is 3.37. The van der Waals surface area contributed by atoms with Gasteiger partial charge in [0, 0.05) is 19.3 Å². The smallest absolute Gasteiger partial charge is 0.257 e. The molecule has 0 spiro atoms. The number of rotatable bonds is 1. The fourth-order valence-corrected chi connectivity index (χ4v) is 2.00. The highest BCUT2D eigenvalue weighted by molar-refractivity contribution is 5.93. The van der Waals surface area contributed by atoms with Crippen molar-refractivity contribution in [1.82, 2.24) is 15.1 Å². The van der Waals surface area contributed by atoms with Gasteiger partial charge in [0.15, 0.2) is 0 Å². The van der Waals surface area contributed by atoms with Crippen molar-refractivity contribution in [2.24, 2.45) is 0 Å². The van der Waals surface area contributed by atoms with Gasteiger partial charge in [-0.05, 0) is 12.8 Å². The Balaban J connectivity index is 1.98. The van der Waals surface area contributed by atoms with Gasteiger partial charge in [0.05, 0.1) is 11.8 Å². The van der Waals surface area contributed by atoms with Crippen molar-refractivity contribution >= 4 is 5.91 Å². The van der Waals surface area contributed by atoms with Crippen LogP contribution in [0.4, 0.5) is 0 Å². The standard InChI is InChI=1S/C11H17N3O/c15-11(10-8-12-13-9-10)14-6-4-2-1-3-5-7-14/h8-9H,1-7H2,(H,12,13). The highest BCUT2D eigenvalue weighted by atomic mass is 16.2. The lowest BCUT2D eigenvalue weighted by molar-refractivity contribution is 0.0742. The lowest BCUT2D eigenvalue weighted by Crippen LogP contribution is -2.33. The second kappa shape index (κ2) is 4.96. The lowest BCUT2D eigenvalue weighted by Gasteiger charge is -2.24. The predicted octanol–water partition coefficient (Wildman–Crippen LogP) is 1.82. The molecule has 0 radical (unpaired) electrons. The quantitative estimate of drug-likeness (QED) is 0.763. The zero-order valence-electron chi connectivity index (χ0n) is 8.91. The summed E-state index contributed by atoms with van der Waals surface area (Å²) in [5.41, 5.74) is 0.676. The molecule has 4 heteroatoms. The van der Waals surface area contributed by atoms with Gasteiger partial charge in [-0.3, -0.25) is 9.89 Å². The summed E-state index contributed by atoms with van der Waals surface area (Å²) in [6, 6.07) is 0. The molecule has 0 bridgehead atoms. The number of carbonyl (C=O) groups excluding carboxylic acids is 1. The molecule has 2 rings (SSSR count). The van der Waals surface area contributed by atoms with E-state index in [4.69, 9.17) is 0 Å². The number of aromatic nitrogens is 2. The highest BCUT2D eigenvalue weighted by Gasteiger charge is 2.16. The van der Waals surface area contributed by atoms with E-state index in [0.717, 1.165) is 25.9 Å². The normalized spacial score (nSPS) is 18.3. The first-order valence-electron chi connectivity index (χ1n) is 5.66. The molecule has 1 aromatic rings. The van der Waals surface area contributed by atoms with Crippen LogP contribution in [0.25, 0.3) is 0 Å². The summed E-state index contributed by atoms with van der Waals surface area (Å²) < 4.78 is 0. The second-order valence-corrected chi connectivity index (χ2v) is 4.05. The summed E-state index contributed by atoms with van der Waals surface area (Å²) in [5.74, 6) is 0.116. The summed E-state index contributed by atoms with van der Waals surface area (Å²) in [4.78, 5) is 13.9. The average molecular weight is 207 g/mol. The zero-order chi connectivity index (χ0) is 10.5. The third-order valence-electron chi connectivity index (χ3n) is 2.89. The Labute approximate surface area is 89.7 Å². The summed E-state index contributed by atoms with van der Waals surface area (Å²) in [7, 11) is 0. The maximum absolute atomic E-state index is 12.0. The minimum absolute atomic E-state index is 0.116. The number of carbonyl (C=O) groups is 1. The van der Waals surface area contributed by atoms with E-state index in [1.807, 2.05) is 4.90 Å². The molecule has 4 nitrogen and oxygen atoms in total. The second-order valence-electron chi connectivity index (χ2n) is 4.05. The zero-order valence-corrected chi connectivity index (χ0v) is 8.91. The van der Waals surface area contributed by atoms with Crippen LogP contribution in [-0.2, 0) is 0 Å². The van der Waals surface area contributed by atoms with Crippen molar-refractivity contribution in [3.8, 4) is 0 Å². The van der Waals surface area contributed by atoms with Crippen molar-refractivity contribution in [3.05, 3.63) is 18.0 Å². The van der Waals surface area contributed by atoms with Crippen LogP contribution in [-0.4, -0.2) is 34.1 Å². The van der Waals surface area contributed by atoms with Crippen molar-refractivity contribution in [3.63, 3.8) is 0 Å². The van der Waals surface area contributed by atoms with E-state index in [2.05, 4.69) is 10.2 Å². The van der Waals surface area contributed by atoms with E-state index in [1.54, 1.807) is 12.4 Å². The van der Waals surface area contributed by atoms with E-state index < -0.39 is 0 Å². The summed E-state index contributed by atoms with van der Waals surface area (Å²) in [6.45, 7) is 1.79. The molecule has 0 atom stereocenters. The van der Waals surface area contributed by atoms with E-state index >= 15 is 0 Å². The van der Waals surface area contributed by atoms with Crippen LogP contribution in [0.3, 0.4) is 0 Å². The molecular formula is C11H17N3O. The van der Waals surface area contributed by atoms with Gasteiger partial charge in [-0.1, -0.05) is 19.3 Å². The van der Waals surface area contributed by atoms with Gasteiger partial charge in [0.2, 0.25) is 0 Å². The number of hydrogen-bond acceptors (Lipinski definition) is 2. The predicted molar refractivity (Wildman–Crippen MR) is 57.6 cm³/mol. The first-order valence-corrected chi connectivity index (χ1v) is 5.66. The molecule has 82 valence electrons. The van der Waals surface area contributed by atoms with Crippen LogP contribution in [0.15, 0.2) is 12.4 Å². The molecule has 1 aliphatic rings.